The Morgan fingerprint density at radius 1 is 0.333 bits per heavy atom. The van der Waals surface area contributed by atoms with Crippen LogP contribution in [0.4, 0.5) is 0 Å². The highest BCUT2D eigenvalue weighted by molar-refractivity contribution is 5.71. The summed E-state index contributed by atoms with van der Waals surface area (Å²) in [4.78, 5) is 37.8. The molecule has 336 valence electrons. The second-order valence-electron chi connectivity index (χ2n) is 17.1. The standard InChI is InChI=1S/C51H96O6/c1-4-7-10-13-16-19-22-24-25-27-30-33-36-39-42-45-51(54)57-48(46-55-49(52)43-40-37-34-31-28-21-18-15-12-9-6-3)47-56-50(53)44-41-38-35-32-29-26-23-20-17-14-11-8-5-2/h24-25,48H,4-23,26-47H2,1-3H3/b25-24-/t48-/m0/s1. The van der Waals surface area contributed by atoms with Gasteiger partial charge in [-0.25, -0.2) is 0 Å². The normalized spacial score (nSPS) is 12.0. The van der Waals surface area contributed by atoms with Gasteiger partial charge < -0.3 is 14.2 Å². The molecule has 0 saturated heterocycles. The molecule has 0 amide bonds. The monoisotopic (exact) mass is 805 g/mol. The van der Waals surface area contributed by atoms with Gasteiger partial charge in [-0.05, 0) is 44.9 Å². The third kappa shape index (κ3) is 45.1. The highest BCUT2D eigenvalue weighted by atomic mass is 16.6. The smallest absolute Gasteiger partial charge is 0.306 e. The molecule has 0 aliphatic rings. The molecule has 0 unspecified atom stereocenters. The first-order valence-electron chi connectivity index (χ1n) is 25.2. The van der Waals surface area contributed by atoms with E-state index in [1.54, 1.807) is 0 Å². The van der Waals surface area contributed by atoms with Crippen LogP contribution in [0.5, 0.6) is 0 Å². The number of carbonyl (C=O) groups is 3. The van der Waals surface area contributed by atoms with Crippen LogP contribution in [0.2, 0.25) is 0 Å². The zero-order chi connectivity index (χ0) is 41.5. The molecule has 0 aliphatic carbocycles. The lowest BCUT2D eigenvalue weighted by molar-refractivity contribution is -0.167. The molecule has 0 bridgehead atoms. The third-order valence-corrected chi connectivity index (χ3v) is 11.3. The van der Waals surface area contributed by atoms with Gasteiger partial charge in [0.05, 0.1) is 0 Å². The Hall–Kier alpha value is -1.85. The molecule has 0 aliphatic heterocycles. The average molecular weight is 805 g/mol. The number of carbonyl (C=O) groups excluding carboxylic acids is 3. The van der Waals surface area contributed by atoms with E-state index in [1.807, 2.05) is 0 Å². The summed E-state index contributed by atoms with van der Waals surface area (Å²) in [6, 6.07) is 0. The lowest BCUT2D eigenvalue weighted by Gasteiger charge is -2.18. The van der Waals surface area contributed by atoms with Gasteiger partial charge >= 0.3 is 17.9 Å². The lowest BCUT2D eigenvalue weighted by atomic mass is 10.0. The number of esters is 3. The molecule has 0 aromatic carbocycles. The molecule has 0 heterocycles. The zero-order valence-corrected chi connectivity index (χ0v) is 38.4. The van der Waals surface area contributed by atoms with E-state index in [0.717, 1.165) is 64.2 Å². The minimum Gasteiger partial charge on any atom is -0.462 e. The number of ether oxygens (including phenoxy) is 3. The molecule has 1 atom stereocenters. The van der Waals surface area contributed by atoms with Crippen LogP contribution in [-0.4, -0.2) is 37.2 Å². The van der Waals surface area contributed by atoms with E-state index in [2.05, 4.69) is 32.9 Å². The fourth-order valence-corrected chi connectivity index (χ4v) is 7.44. The van der Waals surface area contributed by atoms with Crippen LogP contribution >= 0.6 is 0 Å². The van der Waals surface area contributed by atoms with Crippen molar-refractivity contribution in [3.05, 3.63) is 12.2 Å². The minimum absolute atomic E-state index is 0.0683. The molecule has 0 radical (unpaired) electrons. The van der Waals surface area contributed by atoms with E-state index < -0.39 is 6.10 Å². The molecule has 0 spiro atoms. The topological polar surface area (TPSA) is 78.9 Å². The maximum absolute atomic E-state index is 12.8. The summed E-state index contributed by atoms with van der Waals surface area (Å²) in [5, 5.41) is 0. The Balaban J connectivity index is 4.34. The van der Waals surface area contributed by atoms with Crippen molar-refractivity contribution in [2.24, 2.45) is 0 Å². The van der Waals surface area contributed by atoms with Crippen molar-refractivity contribution >= 4 is 17.9 Å². The van der Waals surface area contributed by atoms with Crippen LogP contribution in [0.1, 0.15) is 278 Å². The van der Waals surface area contributed by atoms with E-state index in [1.165, 1.54) is 173 Å². The minimum atomic E-state index is -0.766. The summed E-state index contributed by atoms with van der Waals surface area (Å²) in [6.45, 7) is 6.64. The van der Waals surface area contributed by atoms with Crippen LogP contribution in [0.15, 0.2) is 12.2 Å². The maximum Gasteiger partial charge on any atom is 0.306 e. The summed E-state index contributed by atoms with van der Waals surface area (Å²) in [5.74, 6) is -0.863. The third-order valence-electron chi connectivity index (χ3n) is 11.3. The largest absolute Gasteiger partial charge is 0.462 e. The number of hydrogen-bond acceptors (Lipinski definition) is 6. The van der Waals surface area contributed by atoms with Crippen molar-refractivity contribution in [1.29, 1.82) is 0 Å². The summed E-state index contributed by atoms with van der Waals surface area (Å²) >= 11 is 0. The summed E-state index contributed by atoms with van der Waals surface area (Å²) in [7, 11) is 0. The van der Waals surface area contributed by atoms with Gasteiger partial charge in [0.2, 0.25) is 0 Å². The molecule has 6 heteroatoms. The average Bonchev–Trinajstić information content (AvgIpc) is 3.21. The number of allylic oxidation sites excluding steroid dienone is 2. The zero-order valence-electron chi connectivity index (χ0n) is 38.4. The summed E-state index contributed by atoms with van der Waals surface area (Å²) < 4.78 is 16.8. The molecule has 0 fully saturated rings. The first-order chi connectivity index (χ1) is 28.0. The molecule has 0 aromatic rings. The van der Waals surface area contributed by atoms with Crippen molar-refractivity contribution < 1.29 is 28.6 Å². The Morgan fingerprint density at radius 3 is 0.877 bits per heavy atom. The SMILES string of the molecule is CCCCCCCC/C=C\CCCCCCCC(=O)O[C@@H](COC(=O)CCCCCCCCCCCCC)COC(=O)CCCCCCCCCCCCCCC. The van der Waals surface area contributed by atoms with Gasteiger partial charge in [0, 0.05) is 19.3 Å². The number of rotatable bonds is 46. The van der Waals surface area contributed by atoms with Crippen molar-refractivity contribution in [3.63, 3.8) is 0 Å². The molecule has 6 nitrogen and oxygen atoms in total. The molecule has 0 saturated carbocycles. The van der Waals surface area contributed by atoms with Gasteiger partial charge in [-0.15, -0.1) is 0 Å². The van der Waals surface area contributed by atoms with Crippen LogP contribution in [0.25, 0.3) is 0 Å². The van der Waals surface area contributed by atoms with E-state index >= 15 is 0 Å². The van der Waals surface area contributed by atoms with Crippen LogP contribution in [0, 0.1) is 0 Å². The lowest BCUT2D eigenvalue weighted by Crippen LogP contribution is -2.30. The number of hydrogen-bond donors (Lipinski definition) is 0. The predicted octanol–water partition coefficient (Wildman–Crippen LogP) is 16.2. The molecule has 0 N–H and O–H groups in total. The maximum atomic E-state index is 12.8. The van der Waals surface area contributed by atoms with E-state index in [4.69, 9.17) is 14.2 Å². The van der Waals surface area contributed by atoms with Gasteiger partial charge in [-0.2, -0.15) is 0 Å². The summed E-state index contributed by atoms with van der Waals surface area (Å²) in [6.07, 6.45) is 50.4. The van der Waals surface area contributed by atoms with Gasteiger partial charge in [0.15, 0.2) is 6.10 Å². The molecular formula is C51H96O6. The Morgan fingerprint density at radius 2 is 0.579 bits per heavy atom. The summed E-state index contributed by atoms with van der Waals surface area (Å²) in [5.41, 5.74) is 0. The highest BCUT2D eigenvalue weighted by Crippen LogP contribution is 2.16. The fourth-order valence-electron chi connectivity index (χ4n) is 7.44. The molecule has 0 aromatic heterocycles. The van der Waals surface area contributed by atoms with Crippen molar-refractivity contribution in [2.75, 3.05) is 13.2 Å². The second kappa shape index (κ2) is 46.8. The van der Waals surface area contributed by atoms with Gasteiger partial charge in [0.25, 0.3) is 0 Å². The Labute approximate surface area is 354 Å². The fraction of sp³-hybridized carbons (Fsp3) is 0.902. The first-order valence-corrected chi connectivity index (χ1v) is 25.2. The van der Waals surface area contributed by atoms with Gasteiger partial charge in [0.1, 0.15) is 13.2 Å². The molecular weight excluding hydrogens is 709 g/mol. The molecule has 0 rings (SSSR count). The van der Waals surface area contributed by atoms with Gasteiger partial charge in [-0.1, -0.05) is 226 Å². The molecule has 57 heavy (non-hydrogen) atoms. The van der Waals surface area contributed by atoms with E-state index in [-0.39, 0.29) is 31.1 Å². The van der Waals surface area contributed by atoms with E-state index in [9.17, 15) is 14.4 Å². The van der Waals surface area contributed by atoms with Gasteiger partial charge in [-0.3, -0.25) is 14.4 Å². The van der Waals surface area contributed by atoms with Crippen LogP contribution in [0.3, 0.4) is 0 Å². The predicted molar refractivity (Wildman–Crippen MR) is 243 cm³/mol. The second-order valence-corrected chi connectivity index (χ2v) is 17.1. The van der Waals surface area contributed by atoms with Crippen molar-refractivity contribution in [1.82, 2.24) is 0 Å². The van der Waals surface area contributed by atoms with E-state index in [0.29, 0.717) is 19.3 Å². The van der Waals surface area contributed by atoms with Crippen molar-refractivity contribution in [3.8, 4) is 0 Å². The Bertz CT molecular complexity index is 885. The van der Waals surface area contributed by atoms with Crippen LogP contribution < -0.4 is 0 Å². The Kier molecular flexibility index (Phi) is 45.3. The highest BCUT2D eigenvalue weighted by Gasteiger charge is 2.19. The quantitative estimate of drug-likeness (QED) is 0.0264. The van der Waals surface area contributed by atoms with Crippen LogP contribution in [-0.2, 0) is 28.6 Å². The number of unbranched alkanes of at least 4 members (excludes halogenated alkanes) is 33. The first kappa shape index (κ1) is 55.2. The van der Waals surface area contributed by atoms with Crippen molar-refractivity contribution in [2.45, 2.75) is 284 Å².